The van der Waals surface area contributed by atoms with E-state index < -0.39 is 30.5 Å². The molecular weight excluding hydrogens is 423 g/mol. The normalized spacial score (nSPS) is 16.5. The van der Waals surface area contributed by atoms with Crippen LogP contribution in [0.4, 0.5) is 24.5 Å². The largest absolute Gasteiger partial charge is 0.405 e. The van der Waals surface area contributed by atoms with E-state index in [1.807, 2.05) is 0 Å². The number of nitrogens with zero attached hydrogens (tertiary/aromatic N) is 1. The van der Waals surface area contributed by atoms with Crippen molar-refractivity contribution in [3.8, 4) is 0 Å². The molecule has 3 amide bonds. The van der Waals surface area contributed by atoms with Gasteiger partial charge in [0.2, 0.25) is 11.8 Å². The molecule has 0 saturated carbocycles. The van der Waals surface area contributed by atoms with Crippen LogP contribution in [0, 0.1) is 5.92 Å². The third-order valence-electron chi connectivity index (χ3n) is 4.52. The van der Waals surface area contributed by atoms with Crippen molar-refractivity contribution in [1.29, 1.82) is 0 Å². The Morgan fingerprint density at radius 3 is 2.47 bits per heavy atom. The predicted molar refractivity (Wildman–Crippen MR) is 105 cm³/mol. The second-order valence-corrected chi connectivity index (χ2v) is 7.10. The first-order chi connectivity index (χ1) is 14.2. The van der Waals surface area contributed by atoms with E-state index >= 15 is 0 Å². The number of hydrogen-bond acceptors (Lipinski definition) is 3. The molecule has 0 bridgehead atoms. The van der Waals surface area contributed by atoms with Crippen LogP contribution in [0.25, 0.3) is 0 Å². The van der Waals surface area contributed by atoms with Crippen LogP contribution in [0.2, 0.25) is 5.02 Å². The Bertz CT molecular complexity index is 981. The van der Waals surface area contributed by atoms with Crippen LogP contribution in [0.1, 0.15) is 16.8 Å². The highest BCUT2D eigenvalue weighted by atomic mass is 35.5. The Labute approximate surface area is 175 Å². The fourth-order valence-corrected chi connectivity index (χ4v) is 3.33. The average Bonchev–Trinajstić information content (AvgIpc) is 3.08. The SMILES string of the molecule is O=C(NCC(F)(F)F)c1ccccc1NC(=O)C1CC(=O)N(c2ccccc2Cl)C1. The van der Waals surface area contributed by atoms with Gasteiger partial charge in [-0.1, -0.05) is 35.9 Å². The molecule has 1 aliphatic rings. The lowest BCUT2D eigenvalue weighted by atomic mass is 10.1. The molecule has 1 aliphatic heterocycles. The van der Waals surface area contributed by atoms with Crippen molar-refractivity contribution in [3.63, 3.8) is 0 Å². The van der Waals surface area contributed by atoms with E-state index in [-0.39, 0.29) is 30.1 Å². The maximum absolute atomic E-state index is 12.7. The molecule has 2 aromatic rings. The lowest BCUT2D eigenvalue weighted by Crippen LogP contribution is -2.34. The molecule has 0 radical (unpaired) electrons. The summed E-state index contributed by atoms with van der Waals surface area (Å²) in [7, 11) is 0. The summed E-state index contributed by atoms with van der Waals surface area (Å²) in [4.78, 5) is 38.6. The third kappa shape index (κ3) is 5.10. The van der Waals surface area contributed by atoms with Gasteiger partial charge in [-0.2, -0.15) is 13.2 Å². The van der Waals surface area contributed by atoms with Crippen LogP contribution < -0.4 is 15.5 Å². The zero-order chi connectivity index (χ0) is 21.9. The summed E-state index contributed by atoms with van der Waals surface area (Å²) in [6.45, 7) is -1.39. The van der Waals surface area contributed by atoms with Crippen LogP contribution >= 0.6 is 11.6 Å². The van der Waals surface area contributed by atoms with Gasteiger partial charge in [-0.05, 0) is 24.3 Å². The Morgan fingerprint density at radius 2 is 1.77 bits per heavy atom. The summed E-state index contributed by atoms with van der Waals surface area (Å²) in [5, 5.41) is 4.69. The number of rotatable bonds is 5. The Balaban J connectivity index is 1.70. The van der Waals surface area contributed by atoms with Crippen molar-refractivity contribution in [2.75, 3.05) is 23.3 Å². The van der Waals surface area contributed by atoms with Crippen molar-refractivity contribution < 1.29 is 27.6 Å². The topological polar surface area (TPSA) is 78.5 Å². The van der Waals surface area contributed by atoms with Gasteiger partial charge in [-0.3, -0.25) is 14.4 Å². The monoisotopic (exact) mass is 439 g/mol. The first kappa shape index (κ1) is 21.6. The van der Waals surface area contributed by atoms with Crippen LogP contribution in [0.5, 0.6) is 0 Å². The zero-order valence-corrected chi connectivity index (χ0v) is 16.3. The quantitative estimate of drug-likeness (QED) is 0.747. The summed E-state index contributed by atoms with van der Waals surface area (Å²) in [5.74, 6) is -2.48. The Morgan fingerprint density at radius 1 is 1.10 bits per heavy atom. The van der Waals surface area contributed by atoms with Gasteiger partial charge in [0.1, 0.15) is 6.54 Å². The molecule has 0 spiro atoms. The smallest absolute Gasteiger partial charge is 0.343 e. The second kappa shape index (κ2) is 8.74. The van der Waals surface area contributed by atoms with Gasteiger partial charge in [0.15, 0.2) is 0 Å². The standard InChI is InChI=1S/C20H17ClF3N3O3/c21-14-6-2-4-8-16(14)27-10-12(9-17(27)28)18(29)26-15-7-3-1-5-13(15)19(30)25-11-20(22,23)24/h1-8,12H,9-11H2,(H,25,30)(H,26,29). The third-order valence-corrected chi connectivity index (χ3v) is 4.84. The lowest BCUT2D eigenvalue weighted by molar-refractivity contribution is -0.123. The molecule has 3 rings (SSSR count). The maximum Gasteiger partial charge on any atom is 0.405 e. The van der Waals surface area contributed by atoms with Crippen molar-refractivity contribution in [2.24, 2.45) is 5.92 Å². The fraction of sp³-hybridized carbons (Fsp3) is 0.250. The number of para-hydroxylation sites is 2. The van der Waals surface area contributed by atoms with E-state index in [1.54, 1.807) is 29.6 Å². The highest BCUT2D eigenvalue weighted by Gasteiger charge is 2.36. The molecule has 10 heteroatoms. The van der Waals surface area contributed by atoms with E-state index in [9.17, 15) is 27.6 Å². The molecule has 1 unspecified atom stereocenters. The van der Waals surface area contributed by atoms with Gasteiger partial charge in [-0.15, -0.1) is 0 Å². The van der Waals surface area contributed by atoms with Crippen molar-refractivity contribution in [2.45, 2.75) is 12.6 Å². The van der Waals surface area contributed by atoms with Gasteiger partial charge in [0.25, 0.3) is 5.91 Å². The molecular formula is C20H17ClF3N3O3. The van der Waals surface area contributed by atoms with Gasteiger partial charge in [-0.25, -0.2) is 0 Å². The number of halogens is 4. The molecule has 30 heavy (non-hydrogen) atoms. The molecule has 2 aromatic carbocycles. The second-order valence-electron chi connectivity index (χ2n) is 6.69. The van der Waals surface area contributed by atoms with Crippen LogP contribution in [-0.4, -0.2) is 37.0 Å². The summed E-state index contributed by atoms with van der Waals surface area (Å²) in [6, 6.07) is 12.5. The number of alkyl halides is 3. The summed E-state index contributed by atoms with van der Waals surface area (Å²) < 4.78 is 37.1. The van der Waals surface area contributed by atoms with E-state index in [4.69, 9.17) is 11.6 Å². The Kier molecular flexibility index (Phi) is 6.31. The van der Waals surface area contributed by atoms with Gasteiger partial charge >= 0.3 is 6.18 Å². The minimum Gasteiger partial charge on any atom is -0.343 e. The van der Waals surface area contributed by atoms with Crippen LogP contribution in [-0.2, 0) is 9.59 Å². The number of benzene rings is 2. The molecule has 6 nitrogen and oxygen atoms in total. The molecule has 0 aromatic heterocycles. The number of carbonyl (C=O) groups is 3. The molecule has 1 heterocycles. The predicted octanol–water partition coefficient (Wildman–Crippen LogP) is 3.62. The van der Waals surface area contributed by atoms with E-state index in [0.29, 0.717) is 10.7 Å². The summed E-state index contributed by atoms with van der Waals surface area (Å²) in [5.41, 5.74) is 0.444. The van der Waals surface area contributed by atoms with Crippen molar-refractivity contribution >= 4 is 40.7 Å². The minimum atomic E-state index is -4.56. The fourth-order valence-electron chi connectivity index (χ4n) is 3.09. The number of carbonyl (C=O) groups excluding carboxylic acids is 3. The molecule has 0 aliphatic carbocycles. The molecule has 2 N–H and O–H groups in total. The van der Waals surface area contributed by atoms with Gasteiger partial charge in [0, 0.05) is 13.0 Å². The highest BCUT2D eigenvalue weighted by molar-refractivity contribution is 6.34. The van der Waals surface area contributed by atoms with Gasteiger partial charge in [0.05, 0.1) is 27.9 Å². The average molecular weight is 440 g/mol. The van der Waals surface area contributed by atoms with Crippen LogP contribution in [0.15, 0.2) is 48.5 Å². The van der Waals surface area contributed by atoms with E-state index in [0.717, 1.165) is 0 Å². The Hall–Kier alpha value is -3.07. The first-order valence-electron chi connectivity index (χ1n) is 8.95. The number of nitrogens with one attached hydrogen (secondary N) is 2. The summed E-state index contributed by atoms with van der Waals surface area (Å²) >= 11 is 6.13. The zero-order valence-electron chi connectivity index (χ0n) is 15.5. The molecule has 1 fully saturated rings. The summed E-state index contributed by atoms with van der Waals surface area (Å²) in [6.07, 6.45) is -4.61. The number of anilines is 2. The van der Waals surface area contributed by atoms with Crippen molar-refractivity contribution in [1.82, 2.24) is 5.32 Å². The van der Waals surface area contributed by atoms with E-state index in [2.05, 4.69) is 5.32 Å². The minimum absolute atomic E-state index is 0.0561. The molecule has 1 saturated heterocycles. The number of hydrogen-bond donors (Lipinski definition) is 2. The van der Waals surface area contributed by atoms with Crippen molar-refractivity contribution in [3.05, 3.63) is 59.1 Å². The maximum atomic E-state index is 12.7. The highest BCUT2D eigenvalue weighted by Crippen LogP contribution is 2.31. The van der Waals surface area contributed by atoms with Crippen LogP contribution in [0.3, 0.4) is 0 Å². The van der Waals surface area contributed by atoms with E-state index in [1.165, 1.54) is 29.2 Å². The number of amides is 3. The van der Waals surface area contributed by atoms with Gasteiger partial charge < -0.3 is 15.5 Å². The lowest BCUT2D eigenvalue weighted by Gasteiger charge is -2.18. The molecule has 1 atom stereocenters. The molecule has 158 valence electrons. The first-order valence-corrected chi connectivity index (χ1v) is 9.33.